The molecule has 582 valence electrons. The second kappa shape index (κ2) is 38.7. The van der Waals surface area contributed by atoms with E-state index < -0.39 is 103 Å². The van der Waals surface area contributed by atoms with Crippen LogP contribution in [-0.4, -0.2) is 193 Å². The van der Waals surface area contributed by atoms with Crippen molar-refractivity contribution in [2.45, 2.75) is 168 Å². The van der Waals surface area contributed by atoms with Crippen molar-refractivity contribution in [1.82, 2.24) is 25.3 Å². The normalized spacial score (nSPS) is 14.0. The highest BCUT2D eigenvalue weighted by Crippen LogP contribution is 2.40. The van der Waals surface area contributed by atoms with Gasteiger partial charge in [0.25, 0.3) is 0 Å². The minimum absolute atomic E-state index is 0.0118. The number of nitrogens with zero attached hydrogens (tertiary/aromatic N) is 2. The Hall–Kier alpha value is -11.5. The lowest BCUT2D eigenvalue weighted by molar-refractivity contribution is -0.141. The minimum atomic E-state index is -1.01. The number of amides is 1. The summed E-state index contributed by atoms with van der Waals surface area (Å²) in [6.45, 7) is 5.14. The predicted molar refractivity (Wildman–Crippen MR) is 383 cm³/mol. The molecule has 32 nitrogen and oxygen atoms in total. The molecule has 0 spiro atoms. The number of hydrogen-bond acceptors (Lipinski definition) is 27. The van der Waals surface area contributed by atoms with E-state index in [9.17, 15) is 62.3 Å². The van der Waals surface area contributed by atoms with Gasteiger partial charge in [0.2, 0.25) is 5.91 Å². The molecule has 0 saturated carbocycles. The van der Waals surface area contributed by atoms with Crippen LogP contribution in [0.4, 0.5) is 0 Å². The van der Waals surface area contributed by atoms with E-state index in [1.807, 2.05) is 0 Å². The number of aliphatic imine (C=N–C) groups is 2. The van der Waals surface area contributed by atoms with Crippen molar-refractivity contribution < 1.29 is 119 Å². The minimum Gasteiger partial charge on any atom is -0.469 e. The average Bonchev–Trinajstić information content (AvgIpc) is 1.62. The van der Waals surface area contributed by atoms with E-state index in [1.165, 1.54) is 78.2 Å². The molecular formula is C76H93N7O25. The number of ether oxygens (including phenoxy) is 12. The van der Waals surface area contributed by atoms with E-state index in [4.69, 9.17) is 66.8 Å². The molecule has 5 N–H and O–H groups in total. The summed E-state index contributed by atoms with van der Waals surface area (Å²) < 4.78 is 62.4. The molecule has 3 aliphatic heterocycles. The molecule has 0 radical (unpaired) electrons. The van der Waals surface area contributed by atoms with Crippen LogP contribution in [-0.2, 0) is 192 Å². The largest absolute Gasteiger partial charge is 0.469 e. The summed E-state index contributed by atoms with van der Waals surface area (Å²) in [6.07, 6.45) is -0.665. The van der Waals surface area contributed by atoms with Crippen LogP contribution < -0.4 is 5.32 Å². The molecule has 0 bridgehead atoms. The van der Waals surface area contributed by atoms with Gasteiger partial charge in [0.15, 0.2) is 0 Å². The van der Waals surface area contributed by atoms with Crippen molar-refractivity contribution in [1.29, 1.82) is 0 Å². The predicted octanol–water partition coefficient (Wildman–Crippen LogP) is 5.99. The van der Waals surface area contributed by atoms with Crippen LogP contribution in [0.5, 0.6) is 0 Å². The highest BCUT2D eigenvalue weighted by molar-refractivity contribution is 6.10. The summed E-state index contributed by atoms with van der Waals surface area (Å²) in [6, 6.07) is 0. The lowest BCUT2D eigenvalue weighted by Crippen LogP contribution is -2.30. The Labute approximate surface area is 622 Å². The van der Waals surface area contributed by atoms with Gasteiger partial charge in [-0.2, -0.15) is 0 Å². The molecule has 0 aromatic carbocycles. The Kier molecular flexibility index (Phi) is 30.0. The van der Waals surface area contributed by atoms with Crippen LogP contribution in [0.2, 0.25) is 0 Å². The average molecular weight is 1500 g/mol. The summed E-state index contributed by atoms with van der Waals surface area (Å²) in [7, 11) is 13.3. The molecule has 7 rings (SSSR count). The van der Waals surface area contributed by atoms with E-state index in [0.29, 0.717) is 78.6 Å². The van der Waals surface area contributed by atoms with Crippen LogP contribution in [0.25, 0.3) is 12.2 Å². The van der Waals surface area contributed by atoms with Crippen LogP contribution in [0.15, 0.2) is 43.7 Å². The first-order chi connectivity index (χ1) is 51.5. The van der Waals surface area contributed by atoms with E-state index in [2.05, 4.69) is 25.3 Å². The number of methoxy groups -OCH3 is 11. The maximum absolute atomic E-state index is 14.2. The van der Waals surface area contributed by atoms with Crippen LogP contribution in [0.1, 0.15) is 180 Å². The second-order valence-electron chi connectivity index (χ2n) is 26.2. The highest BCUT2D eigenvalue weighted by Gasteiger charge is 2.36. The maximum atomic E-state index is 14.2. The quantitative estimate of drug-likeness (QED) is 0.0256. The van der Waals surface area contributed by atoms with Crippen LogP contribution in [0.3, 0.4) is 0 Å². The van der Waals surface area contributed by atoms with Gasteiger partial charge in [0.05, 0.1) is 146 Å². The lowest BCUT2D eigenvalue weighted by atomic mass is 9.92. The summed E-state index contributed by atoms with van der Waals surface area (Å²) in [5, 5.41) is 2.84. The number of hydrogen-bond donors (Lipinski definition) is 5. The molecule has 0 aliphatic carbocycles. The number of carbonyl (C=O) groups is 13. The summed E-state index contributed by atoms with van der Waals surface area (Å²) in [5.74, 6) is -8.23. The zero-order valence-corrected chi connectivity index (χ0v) is 63.3. The Bertz CT molecular complexity index is 4380. The fourth-order valence-electron chi connectivity index (χ4n) is 13.1. The van der Waals surface area contributed by atoms with Gasteiger partial charge in [-0.1, -0.05) is 0 Å². The Morgan fingerprint density at radius 3 is 1.14 bits per heavy atom. The van der Waals surface area contributed by atoms with Gasteiger partial charge in [-0.3, -0.25) is 67.5 Å². The van der Waals surface area contributed by atoms with Gasteiger partial charge in [0, 0.05) is 97.6 Å². The highest BCUT2D eigenvalue weighted by atomic mass is 16.6. The van der Waals surface area contributed by atoms with Crippen molar-refractivity contribution in [3.05, 3.63) is 124 Å². The van der Waals surface area contributed by atoms with Crippen molar-refractivity contribution in [3.63, 3.8) is 0 Å². The number of allylic oxidation sites excluding steroid dienone is 3. The number of rotatable bonds is 37. The van der Waals surface area contributed by atoms with Crippen LogP contribution >= 0.6 is 0 Å². The van der Waals surface area contributed by atoms with E-state index in [-0.39, 0.29) is 178 Å². The zero-order chi connectivity index (χ0) is 79.3. The Morgan fingerprint density at radius 1 is 0.370 bits per heavy atom. The number of aromatic nitrogens is 4. The van der Waals surface area contributed by atoms with Crippen molar-refractivity contribution in [2.75, 3.05) is 78.2 Å². The van der Waals surface area contributed by atoms with Gasteiger partial charge >= 0.3 is 71.6 Å². The standard InChI is InChI=1S/C76H93N7O25/c1-76(2,3)108-75(96)74-44(20-26-68(90)102-9)50(32-73(95)107-14)60(83-74)36-54-43(19-25-67(89)101-8)47(29-70(92)104-11)56(81-54)34-53-42(18-24-66(88)100-7)49(31-72(94)106-13)59(80-53)37-58-48(30-71(93)105-12)41(17-23-65(87)99-6)52(79-58)33-51-40(16-22-64(86)98-5)46(28-69(91)103-10)57(78-51)35-55-39(15-21-63(85)97-4)45-27-62(84)77-38-61(45)82-55/h33-34,79-80,82-83H,15-32,35-38H2,1-14H3,(H,77,84)/b51-33+,56-34-. The van der Waals surface area contributed by atoms with Crippen molar-refractivity contribution >= 4 is 101 Å². The van der Waals surface area contributed by atoms with Gasteiger partial charge in [-0.15, -0.1) is 0 Å². The molecule has 0 fully saturated rings. The molecule has 0 unspecified atom stereocenters. The van der Waals surface area contributed by atoms with Gasteiger partial charge in [-0.25, -0.2) is 4.79 Å². The Balaban J connectivity index is 1.53. The zero-order valence-electron chi connectivity index (χ0n) is 63.3. The number of aromatic amines is 4. The summed E-state index contributed by atoms with van der Waals surface area (Å²) in [5.41, 5.74) is 7.11. The van der Waals surface area contributed by atoms with Gasteiger partial charge in [-0.05, 0) is 138 Å². The third kappa shape index (κ3) is 21.9. The Morgan fingerprint density at radius 2 is 0.713 bits per heavy atom. The number of nitrogens with one attached hydrogen (secondary N) is 5. The lowest BCUT2D eigenvalue weighted by Gasteiger charge is -2.19. The van der Waals surface area contributed by atoms with E-state index in [1.54, 1.807) is 32.9 Å². The number of H-pyrrole nitrogens is 4. The first-order valence-electron chi connectivity index (χ1n) is 34.7. The first kappa shape index (κ1) is 83.8. The van der Waals surface area contributed by atoms with Crippen molar-refractivity contribution in [3.8, 4) is 0 Å². The molecule has 4 aromatic rings. The third-order valence-corrected chi connectivity index (χ3v) is 18.5. The smallest absolute Gasteiger partial charge is 0.355 e. The first-order valence-corrected chi connectivity index (χ1v) is 34.7. The SMILES string of the molecule is COC(=O)CCC1=C(CC(=O)OC)/C(=C/c2[nH]c(Cc3[nH]c(/C=C4/N=C(Cc5[nH]c6c(c5CCC(=O)OC)CC(=O)NC6)C(CC(=O)OC)=C4CCC(=O)OC)c(CCC(=O)OC)c3CC(=O)OC)c(CC(=O)OC)c2CCC(=O)OC)N=C1Cc1[nH]c(C(=O)OC(C)(C)C)c(CCC(=O)OC)c1CC(=O)OC. The second-order valence-corrected chi connectivity index (χ2v) is 26.2. The van der Waals surface area contributed by atoms with Crippen LogP contribution in [0, 0.1) is 0 Å². The molecule has 32 heteroatoms. The number of esters is 12. The third-order valence-electron chi connectivity index (χ3n) is 18.5. The molecular weight excluding hydrogens is 1410 g/mol. The fourth-order valence-corrected chi connectivity index (χ4v) is 13.1. The summed E-state index contributed by atoms with van der Waals surface area (Å²) >= 11 is 0. The molecule has 0 atom stereocenters. The molecule has 1 amide bonds. The number of carbonyl (C=O) groups excluding carboxylic acids is 13. The van der Waals surface area contributed by atoms with E-state index in [0.717, 1.165) is 0 Å². The molecule has 7 heterocycles. The monoisotopic (exact) mass is 1500 g/mol. The topological polar surface area (TPSA) is 433 Å². The number of fused-ring (bicyclic) bond motifs is 1. The molecule has 108 heavy (non-hydrogen) atoms. The fraction of sp³-hybridized carbons (Fsp3) is 0.487. The van der Waals surface area contributed by atoms with Crippen molar-refractivity contribution in [2.24, 2.45) is 9.98 Å². The van der Waals surface area contributed by atoms with E-state index >= 15 is 0 Å². The molecule has 0 saturated heterocycles. The molecule has 4 aromatic heterocycles. The van der Waals surface area contributed by atoms with Gasteiger partial charge < -0.3 is 82.1 Å². The molecule has 3 aliphatic rings. The summed E-state index contributed by atoms with van der Waals surface area (Å²) in [4.78, 5) is 198. The maximum Gasteiger partial charge on any atom is 0.355 e. The van der Waals surface area contributed by atoms with Gasteiger partial charge in [0.1, 0.15) is 11.3 Å².